The van der Waals surface area contributed by atoms with Gasteiger partial charge >= 0.3 is 17.9 Å². The summed E-state index contributed by atoms with van der Waals surface area (Å²) in [5.41, 5.74) is 0.0879. The van der Waals surface area contributed by atoms with Gasteiger partial charge in [0.25, 0.3) is 0 Å². The molecule has 0 spiro atoms. The molecule has 0 amide bonds. The average Bonchev–Trinajstić information content (AvgIpc) is 3.18. The Kier molecular flexibility index (Phi) is 8.53. The summed E-state index contributed by atoms with van der Waals surface area (Å²) in [6, 6.07) is 0. The van der Waals surface area contributed by atoms with Crippen molar-refractivity contribution in [1.29, 1.82) is 0 Å². The van der Waals surface area contributed by atoms with E-state index in [1.807, 2.05) is 0 Å². The van der Waals surface area contributed by atoms with Crippen LogP contribution in [0, 0.1) is 46.3 Å². The van der Waals surface area contributed by atoms with Crippen LogP contribution in [0.5, 0.6) is 0 Å². The molecule has 0 radical (unpaired) electrons. The molecule has 11 atom stereocenters. The predicted octanol–water partition coefficient (Wildman–Crippen LogP) is 4.73. The smallest absolute Gasteiger partial charge is 0.324 e. The molecule has 8 nitrogen and oxygen atoms in total. The number of ether oxygens (including phenoxy) is 3. The van der Waals surface area contributed by atoms with E-state index < -0.39 is 21.1 Å². The van der Waals surface area contributed by atoms with E-state index in [1.54, 1.807) is 0 Å². The maximum atomic E-state index is 12.5. The lowest BCUT2D eigenvalue weighted by Gasteiger charge is -2.62. The second-order valence-electron chi connectivity index (χ2n) is 13.7. The molecule has 0 N–H and O–H groups in total. The Hall–Kier alpha value is -1.64. The van der Waals surface area contributed by atoms with Crippen LogP contribution in [0.15, 0.2) is 0 Å². The molecule has 222 valence electrons. The van der Waals surface area contributed by atoms with Gasteiger partial charge < -0.3 is 14.2 Å². The zero-order chi connectivity index (χ0) is 28.9. The van der Waals surface area contributed by atoms with Crippen LogP contribution in [0.4, 0.5) is 0 Å². The van der Waals surface area contributed by atoms with Gasteiger partial charge in [-0.3, -0.25) is 14.4 Å². The third-order valence-corrected chi connectivity index (χ3v) is 13.0. The van der Waals surface area contributed by atoms with Gasteiger partial charge in [0.15, 0.2) is 15.1 Å². The van der Waals surface area contributed by atoms with Gasteiger partial charge in [-0.15, -0.1) is 0 Å². The number of hydrogen-bond acceptors (Lipinski definition) is 8. The number of fused-ring (bicyclic) bond motifs is 5. The zero-order valence-corrected chi connectivity index (χ0v) is 25.6. The highest BCUT2D eigenvalue weighted by Gasteiger charge is 2.64. The average molecular weight is 569 g/mol. The molecular weight excluding hydrogens is 520 g/mol. The van der Waals surface area contributed by atoms with Crippen LogP contribution in [0.25, 0.3) is 0 Å². The normalized spacial score (nSPS) is 41.3. The van der Waals surface area contributed by atoms with E-state index in [4.69, 9.17) is 14.2 Å². The maximum absolute atomic E-state index is 12.5. The summed E-state index contributed by atoms with van der Waals surface area (Å²) in [6.45, 7) is 9.81. The Morgan fingerprint density at radius 2 is 1.51 bits per heavy atom. The molecule has 9 heteroatoms. The summed E-state index contributed by atoms with van der Waals surface area (Å²) in [4.78, 5) is 36.3. The van der Waals surface area contributed by atoms with Crippen molar-refractivity contribution < 1.29 is 37.0 Å². The quantitative estimate of drug-likeness (QED) is 0.320. The molecule has 39 heavy (non-hydrogen) atoms. The highest BCUT2D eigenvalue weighted by molar-refractivity contribution is 7.92. The monoisotopic (exact) mass is 568 g/mol. The lowest BCUT2D eigenvalue weighted by Crippen LogP contribution is -2.59. The Labute approximate surface area is 234 Å². The molecule has 0 bridgehead atoms. The van der Waals surface area contributed by atoms with Crippen LogP contribution in [-0.2, 0) is 38.4 Å². The molecule has 0 saturated heterocycles. The van der Waals surface area contributed by atoms with Gasteiger partial charge in [-0.25, -0.2) is 8.42 Å². The van der Waals surface area contributed by atoms with E-state index in [9.17, 15) is 22.8 Å². The summed E-state index contributed by atoms with van der Waals surface area (Å²) >= 11 is 0. The first-order valence-corrected chi connectivity index (χ1v) is 16.7. The molecule has 0 heterocycles. The lowest BCUT2D eigenvalue weighted by atomic mass is 9.43. The van der Waals surface area contributed by atoms with Crippen molar-refractivity contribution in [3.8, 4) is 0 Å². The van der Waals surface area contributed by atoms with Crippen molar-refractivity contribution in [2.45, 2.75) is 110 Å². The molecule has 0 aromatic heterocycles. The molecule has 0 aromatic carbocycles. The van der Waals surface area contributed by atoms with Crippen LogP contribution in [0.1, 0.15) is 92.4 Å². The fourth-order valence-corrected chi connectivity index (χ4v) is 11.0. The SMILES string of the molecule is COC(=O)C(C[C@@H](C)[C@H]1CC[C@H]2[C@@H]3[C@H](OC(C)=O)CC4C[C@H](OC(C)=O)CC[C@]4(C)[C@H]3CC[C@]12C)S(C)(=O)=O. The summed E-state index contributed by atoms with van der Waals surface area (Å²) in [5.74, 6) is 0.516. The first-order chi connectivity index (χ1) is 18.1. The first-order valence-electron chi connectivity index (χ1n) is 14.7. The van der Waals surface area contributed by atoms with Gasteiger partial charge in [0, 0.05) is 26.0 Å². The van der Waals surface area contributed by atoms with Crippen molar-refractivity contribution in [2.75, 3.05) is 13.4 Å². The van der Waals surface area contributed by atoms with Crippen LogP contribution < -0.4 is 0 Å². The minimum Gasteiger partial charge on any atom is -0.468 e. The van der Waals surface area contributed by atoms with Gasteiger partial charge in [0.2, 0.25) is 0 Å². The van der Waals surface area contributed by atoms with Crippen molar-refractivity contribution in [3.63, 3.8) is 0 Å². The molecule has 2 unspecified atom stereocenters. The number of carbonyl (C=O) groups is 3. The maximum Gasteiger partial charge on any atom is 0.324 e. The zero-order valence-electron chi connectivity index (χ0n) is 24.7. The molecule has 4 aliphatic carbocycles. The number of hydrogen-bond donors (Lipinski definition) is 0. The summed E-state index contributed by atoms with van der Waals surface area (Å²) in [6.07, 6.45) is 8.69. The molecule has 0 aliphatic heterocycles. The number of esters is 3. The Balaban J connectivity index is 1.60. The second kappa shape index (κ2) is 11.0. The Bertz CT molecular complexity index is 1070. The standard InChI is InChI=1S/C30H48O8S/c1-17(14-26(28(33)36-6)39(7,34)35)22-8-9-23-27-24(11-13-30(22,23)5)29(4)12-10-21(37-18(2)31)15-20(29)16-25(27)38-19(3)32/h17,20-27H,8-16H2,1-7H3/t17-,20?,21-,22-,23+,24+,25-,26?,27+,29+,30-/m1/s1. The minimum atomic E-state index is -3.59. The minimum absolute atomic E-state index is 0.0186. The van der Waals surface area contributed by atoms with E-state index >= 15 is 0 Å². The van der Waals surface area contributed by atoms with Crippen molar-refractivity contribution in [2.24, 2.45) is 46.3 Å². The topological polar surface area (TPSA) is 113 Å². The van der Waals surface area contributed by atoms with E-state index in [1.165, 1.54) is 21.0 Å². The summed E-state index contributed by atoms with van der Waals surface area (Å²) < 4.78 is 41.5. The number of carbonyl (C=O) groups excluding carboxylic acids is 3. The Morgan fingerprint density at radius 1 is 0.897 bits per heavy atom. The fourth-order valence-electron chi connectivity index (χ4n) is 9.89. The molecule has 4 fully saturated rings. The molecule has 0 aromatic rings. The van der Waals surface area contributed by atoms with Gasteiger partial charge in [-0.2, -0.15) is 0 Å². The van der Waals surface area contributed by atoms with E-state index in [0.29, 0.717) is 17.8 Å². The number of rotatable bonds is 7. The molecular formula is C30H48O8S. The fraction of sp³-hybridized carbons (Fsp3) is 0.900. The van der Waals surface area contributed by atoms with Crippen LogP contribution in [0.2, 0.25) is 0 Å². The third-order valence-electron chi connectivity index (χ3n) is 11.6. The van der Waals surface area contributed by atoms with Crippen LogP contribution in [0.3, 0.4) is 0 Å². The lowest BCUT2D eigenvalue weighted by molar-refractivity contribution is -0.197. The van der Waals surface area contributed by atoms with E-state index in [-0.39, 0.29) is 59.2 Å². The Morgan fingerprint density at radius 3 is 2.10 bits per heavy atom. The van der Waals surface area contributed by atoms with Gasteiger partial charge in [0.1, 0.15) is 12.2 Å². The van der Waals surface area contributed by atoms with Crippen molar-refractivity contribution in [1.82, 2.24) is 0 Å². The molecule has 4 rings (SSSR count). The summed E-state index contributed by atoms with van der Waals surface area (Å²) in [5, 5.41) is -1.15. The van der Waals surface area contributed by atoms with Crippen molar-refractivity contribution in [3.05, 3.63) is 0 Å². The van der Waals surface area contributed by atoms with E-state index in [2.05, 4.69) is 20.8 Å². The molecule has 4 saturated carbocycles. The van der Waals surface area contributed by atoms with Gasteiger partial charge in [0.05, 0.1) is 7.11 Å². The predicted molar refractivity (Wildman–Crippen MR) is 146 cm³/mol. The molecule has 4 aliphatic rings. The first kappa shape index (κ1) is 30.3. The third kappa shape index (κ3) is 5.62. The second-order valence-corrected chi connectivity index (χ2v) is 15.9. The highest BCUT2D eigenvalue weighted by atomic mass is 32.2. The van der Waals surface area contributed by atoms with E-state index in [0.717, 1.165) is 57.6 Å². The van der Waals surface area contributed by atoms with Crippen LogP contribution in [-0.4, -0.2) is 57.1 Å². The number of methoxy groups -OCH3 is 1. The number of sulfone groups is 1. The van der Waals surface area contributed by atoms with Crippen molar-refractivity contribution >= 4 is 27.7 Å². The summed E-state index contributed by atoms with van der Waals surface area (Å²) in [7, 11) is -2.35. The largest absolute Gasteiger partial charge is 0.468 e. The van der Waals surface area contributed by atoms with Crippen LogP contribution >= 0.6 is 0 Å². The van der Waals surface area contributed by atoms with Gasteiger partial charge in [-0.1, -0.05) is 20.8 Å². The van der Waals surface area contributed by atoms with Gasteiger partial charge in [-0.05, 0) is 98.2 Å². The highest BCUT2D eigenvalue weighted by Crippen LogP contribution is 2.69.